The van der Waals surface area contributed by atoms with Crippen LogP contribution in [0.4, 0.5) is 0 Å². The smallest absolute Gasteiger partial charge is 0.214 e. The number of carboxylic acids is 1. The number of thiophene rings is 1. The Kier molecular flexibility index (Phi) is 4.72. The number of aromatic carboxylic acids is 1. The number of aromatic nitrogens is 1. The van der Waals surface area contributed by atoms with Crippen LogP contribution in [0.2, 0.25) is 0 Å². The van der Waals surface area contributed by atoms with Crippen LogP contribution >= 0.6 is 11.3 Å². The Balaban J connectivity index is 1.60. The van der Waals surface area contributed by atoms with Crippen molar-refractivity contribution in [1.82, 2.24) is 4.98 Å². The lowest BCUT2D eigenvalue weighted by Gasteiger charge is -2.10. The van der Waals surface area contributed by atoms with Gasteiger partial charge in [-0.25, -0.2) is 4.98 Å². The van der Waals surface area contributed by atoms with E-state index in [0.29, 0.717) is 5.88 Å². The number of carboxylic acid groups (broad SMARTS) is 1. The van der Waals surface area contributed by atoms with Crippen LogP contribution in [0.25, 0.3) is 21.9 Å². The van der Waals surface area contributed by atoms with Gasteiger partial charge in [0.25, 0.3) is 0 Å². The van der Waals surface area contributed by atoms with Gasteiger partial charge in [-0.05, 0) is 40.8 Å². The third kappa shape index (κ3) is 3.91. The molecule has 0 radical (unpaired) electrons. The number of carbonyl (C=O) groups is 1. The predicted molar refractivity (Wildman–Crippen MR) is 100 cm³/mol. The Hall–Kier alpha value is -3.38. The van der Waals surface area contributed by atoms with E-state index in [1.54, 1.807) is 29.7 Å². The minimum atomic E-state index is -1.20. The Morgan fingerprint density at radius 2 is 1.96 bits per heavy atom. The van der Waals surface area contributed by atoms with Crippen LogP contribution in [0.3, 0.4) is 0 Å². The highest BCUT2D eigenvalue weighted by molar-refractivity contribution is 7.13. The summed E-state index contributed by atoms with van der Waals surface area (Å²) in [6, 6.07) is 17.9. The monoisotopic (exact) mass is 376 g/mol. The quantitative estimate of drug-likeness (QED) is 0.508. The van der Waals surface area contributed by atoms with Gasteiger partial charge >= 0.3 is 0 Å². The van der Waals surface area contributed by atoms with Crippen molar-refractivity contribution in [2.24, 2.45) is 0 Å². The second-order valence-corrected chi connectivity index (χ2v) is 6.75. The van der Waals surface area contributed by atoms with Gasteiger partial charge in [0.2, 0.25) is 5.88 Å². The summed E-state index contributed by atoms with van der Waals surface area (Å²) < 4.78 is 11.4. The topological polar surface area (TPSA) is 75.4 Å². The van der Waals surface area contributed by atoms with Crippen LogP contribution in [0.1, 0.15) is 15.9 Å². The first-order valence-corrected chi connectivity index (χ1v) is 9.10. The molecule has 0 atom stereocenters. The van der Waals surface area contributed by atoms with Crippen molar-refractivity contribution in [1.29, 1.82) is 0 Å². The number of nitrogens with zero attached hydrogens (tertiary/aromatic N) is 1. The molecule has 27 heavy (non-hydrogen) atoms. The van der Waals surface area contributed by atoms with E-state index in [2.05, 4.69) is 4.98 Å². The zero-order chi connectivity index (χ0) is 18.6. The van der Waals surface area contributed by atoms with Crippen molar-refractivity contribution in [2.45, 2.75) is 6.61 Å². The molecule has 0 unspecified atom stereocenters. The summed E-state index contributed by atoms with van der Waals surface area (Å²) in [6.45, 7) is 0.270. The van der Waals surface area contributed by atoms with E-state index in [1.165, 1.54) is 12.1 Å². The van der Waals surface area contributed by atoms with Gasteiger partial charge in [-0.2, -0.15) is 0 Å². The van der Waals surface area contributed by atoms with Gasteiger partial charge in [-0.1, -0.05) is 30.3 Å². The Labute approximate surface area is 159 Å². The van der Waals surface area contributed by atoms with Gasteiger partial charge in [0.1, 0.15) is 12.4 Å². The average Bonchev–Trinajstić information content (AvgIpc) is 3.40. The highest BCUT2D eigenvalue weighted by Crippen LogP contribution is 2.31. The highest BCUT2D eigenvalue weighted by Gasteiger charge is 2.10. The SMILES string of the molecule is O=C([O-])c1ccc(COc2cc(-c3ccco3)cc(-c3cccs3)n2)cc1. The lowest BCUT2D eigenvalue weighted by Crippen LogP contribution is -2.22. The zero-order valence-electron chi connectivity index (χ0n) is 14.1. The zero-order valence-corrected chi connectivity index (χ0v) is 14.9. The van der Waals surface area contributed by atoms with Gasteiger partial charge < -0.3 is 19.1 Å². The van der Waals surface area contributed by atoms with E-state index in [1.807, 2.05) is 41.8 Å². The maximum absolute atomic E-state index is 10.8. The van der Waals surface area contributed by atoms with Gasteiger partial charge in [0.15, 0.2) is 0 Å². The molecule has 0 fully saturated rings. The summed E-state index contributed by atoms with van der Waals surface area (Å²) in [7, 11) is 0. The molecule has 0 amide bonds. The molecule has 0 spiro atoms. The van der Waals surface area contributed by atoms with Crippen molar-refractivity contribution in [3.8, 4) is 27.8 Å². The molecule has 0 N–H and O–H groups in total. The molecule has 0 saturated carbocycles. The van der Waals surface area contributed by atoms with Crippen molar-refractivity contribution < 1.29 is 19.1 Å². The molecule has 4 rings (SSSR count). The van der Waals surface area contributed by atoms with E-state index in [0.717, 1.165) is 27.5 Å². The summed E-state index contributed by atoms with van der Waals surface area (Å²) in [6.07, 6.45) is 1.62. The van der Waals surface area contributed by atoms with Crippen molar-refractivity contribution in [3.05, 3.63) is 83.4 Å². The molecule has 0 aliphatic heterocycles. The van der Waals surface area contributed by atoms with E-state index in [4.69, 9.17) is 9.15 Å². The Morgan fingerprint density at radius 3 is 2.63 bits per heavy atom. The fourth-order valence-corrected chi connectivity index (χ4v) is 3.30. The summed E-state index contributed by atoms with van der Waals surface area (Å²) in [5.74, 6) is 0.00511. The first kappa shape index (κ1) is 17.1. The van der Waals surface area contributed by atoms with Gasteiger partial charge in [-0.3, -0.25) is 0 Å². The number of carbonyl (C=O) groups excluding carboxylic acids is 1. The fraction of sp³-hybridized carbons (Fsp3) is 0.0476. The summed E-state index contributed by atoms with van der Waals surface area (Å²) in [5.41, 5.74) is 2.65. The number of hydrogen-bond acceptors (Lipinski definition) is 6. The number of benzene rings is 1. The van der Waals surface area contributed by atoms with Crippen molar-refractivity contribution in [2.75, 3.05) is 0 Å². The van der Waals surface area contributed by atoms with Crippen LogP contribution in [-0.4, -0.2) is 11.0 Å². The minimum absolute atomic E-state index is 0.136. The van der Waals surface area contributed by atoms with Crippen molar-refractivity contribution >= 4 is 17.3 Å². The molecule has 134 valence electrons. The van der Waals surface area contributed by atoms with Crippen LogP contribution in [0.15, 0.2) is 76.7 Å². The molecule has 0 saturated heterocycles. The van der Waals surface area contributed by atoms with E-state index in [-0.39, 0.29) is 12.2 Å². The van der Waals surface area contributed by atoms with Gasteiger partial charge in [0, 0.05) is 11.6 Å². The third-order valence-corrected chi connectivity index (χ3v) is 4.85. The van der Waals surface area contributed by atoms with Crippen LogP contribution < -0.4 is 9.84 Å². The van der Waals surface area contributed by atoms with Crippen LogP contribution in [0, 0.1) is 0 Å². The average molecular weight is 376 g/mol. The molecule has 0 aliphatic carbocycles. The summed E-state index contributed by atoms with van der Waals surface area (Å²) in [5, 5.41) is 12.8. The molecule has 1 aromatic carbocycles. The first-order chi connectivity index (χ1) is 13.2. The van der Waals surface area contributed by atoms with Crippen LogP contribution in [0.5, 0.6) is 5.88 Å². The largest absolute Gasteiger partial charge is 0.545 e. The molecule has 4 aromatic rings. The molecule has 0 aliphatic rings. The highest BCUT2D eigenvalue weighted by atomic mass is 32.1. The summed E-state index contributed by atoms with van der Waals surface area (Å²) >= 11 is 1.60. The van der Waals surface area contributed by atoms with E-state index >= 15 is 0 Å². The maximum Gasteiger partial charge on any atom is 0.214 e. The molecular formula is C21H14NO4S-. The second-order valence-electron chi connectivity index (χ2n) is 5.81. The molecule has 3 aromatic heterocycles. The number of rotatable bonds is 6. The lowest BCUT2D eigenvalue weighted by molar-refractivity contribution is -0.255. The summed E-state index contributed by atoms with van der Waals surface area (Å²) in [4.78, 5) is 16.5. The number of ether oxygens (including phenoxy) is 1. The van der Waals surface area contributed by atoms with Gasteiger partial charge in [0.05, 0.1) is 22.8 Å². The second kappa shape index (κ2) is 7.47. The standard InChI is InChI=1S/C21H15NO4S/c23-21(24)15-7-5-14(6-8-15)13-26-20-12-16(18-3-1-9-25-18)11-17(22-20)19-4-2-10-27-19/h1-12H,13H2,(H,23,24)/p-1. The van der Waals surface area contributed by atoms with E-state index in [9.17, 15) is 9.90 Å². The molecular weight excluding hydrogens is 362 g/mol. The molecule has 6 heteroatoms. The third-order valence-electron chi connectivity index (χ3n) is 3.96. The lowest BCUT2D eigenvalue weighted by atomic mass is 10.1. The minimum Gasteiger partial charge on any atom is -0.545 e. The normalized spacial score (nSPS) is 10.7. The molecule has 3 heterocycles. The maximum atomic E-state index is 10.8. The van der Waals surface area contributed by atoms with Crippen LogP contribution in [-0.2, 0) is 6.61 Å². The first-order valence-electron chi connectivity index (χ1n) is 8.22. The number of furan rings is 1. The van der Waals surface area contributed by atoms with Gasteiger partial charge in [-0.15, -0.1) is 11.3 Å². The predicted octanol–water partition coefficient (Wildman–Crippen LogP) is 4.01. The molecule has 5 nitrogen and oxygen atoms in total. The molecule has 0 bridgehead atoms. The fourth-order valence-electron chi connectivity index (χ4n) is 2.61. The van der Waals surface area contributed by atoms with E-state index < -0.39 is 5.97 Å². The Morgan fingerprint density at radius 1 is 1.11 bits per heavy atom. The number of hydrogen-bond donors (Lipinski definition) is 0. The van der Waals surface area contributed by atoms with Crippen molar-refractivity contribution in [3.63, 3.8) is 0 Å². The number of pyridine rings is 1. The Bertz CT molecular complexity index is 986.